The molecule has 1 aliphatic carbocycles. The third-order valence-corrected chi connectivity index (χ3v) is 3.36. The zero-order valence-corrected chi connectivity index (χ0v) is 10.8. The van der Waals surface area contributed by atoms with Gasteiger partial charge in [-0.05, 0) is 25.7 Å². The van der Waals surface area contributed by atoms with Crippen LogP contribution in [0.5, 0.6) is 0 Å². The van der Waals surface area contributed by atoms with Gasteiger partial charge in [-0.25, -0.2) is 4.79 Å². The maximum Gasteiger partial charge on any atom is 0.329 e. The highest BCUT2D eigenvalue weighted by Gasteiger charge is 2.26. The molecule has 98 valence electrons. The van der Waals surface area contributed by atoms with Crippen molar-refractivity contribution in [2.75, 3.05) is 13.7 Å². The van der Waals surface area contributed by atoms with Crippen molar-refractivity contribution in [3.05, 3.63) is 0 Å². The van der Waals surface area contributed by atoms with Gasteiger partial charge in [-0.2, -0.15) is 0 Å². The average Bonchev–Trinajstić information content (AvgIpc) is 2.20. The highest BCUT2D eigenvalue weighted by Crippen LogP contribution is 2.29. The molecule has 5 heteroatoms. The second kappa shape index (κ2) is 6.59. The highest BCUT2D eigenvalue weighted by atomic mass is 16.5. The second-order valence-corrected chi connectivity index (χ2v) is 4.66. The van der Waals surface area contributed by atoms with Crippen LogP contribution in [0.25, 0.3) is 0 Å². The summed E-state index contributed by atoms with van der Waals surface area (Å²) in [5.41, 5.74) is 0. The smallest absolute Gasteiger partial charge is 0.329 e. The molecule has 2 atom stereocenters. The van der Waals surface area contributed by atoms with Crippen molar-refractivity contribution in [2.45, 2.75) is 45.2 Å². The van der Waals surface area contributed by atoms with Gasteiger partial charge in [0.2, 0.25) is 5.91 Å². The van der Waals surface area contributed by atoms with Crippen molar-refractivity contribution < 1.29 is 14.3 Å². The minimum atomic E-state index is -0.597. The predicted molar refractivity (Wildman–Crippen MR) is 64.4 cm³/mol. The summed E-state index contributed by atoms with van der Waals surface area (Å²) in [7, 11) is 1.33. The van der Waals surface area contributed by atoms with Gasteiger partial charge in [0.05, 0.1) is 7.11 Å². The minimum Gasteiger partial charge on any atom is -0.467 e. The van der Waals surface area contributed by atoms with Crippen LogP contribution < -0.4 is 10.6 Å². The number of carbonyl (C=O) groups excluding carboxylic acids is 2. The van der Waals surface area contributed by atoms with Crippen LogP contribution in [0.1, 0.15) is 33.1 Å². The maximum atomic E-state index is 11.4. The van der Waals surface area contributed by atoms with E-state index in [1.165, 1.54) is 33.3 Å². The molecule has 0 aromatic rings. The summed E-state index contributed by atoms with van der Waals surface area (Å²) in [5, 5.41) is 5.87. The van der Waals surface area contributed by atoms with Gasteiger partial charge >= 0.3 is 5.97 Å². The lowest BCUT2D eigenvalue weighted by Crippen LogP contribution is -2.50. The summed E-state index contributed by atoms with van der Waals surface area (Å²) in [5.74, 6) is 0.0673. The fraction of sp³-hybridized carbons (Fsp3) is 0.833. The Bertz CT molecular complexity index is 277. The lowest BCUT2D eigenvalue weighted by atomic mass is 9.80. The second-order valence-electron chi connectivity index (χ2n) is 4.66. The molecule has 0 aliphatic heterocycles. The van der Waals surface area contributed by atoms with E-state index >= 15 is 0 Å². The number of nitrogens with one attached hydrogen (secondary N) is 2. The quantitative estimate of drug-likeness (QED) is 0.663. The van der Waals surface area contributed by atoms with Gasteiger partial charge in [-0.15, -0.1) is 0 Å². The van der Waals surface area contributed by atoms with Crippen LogP contribution in [-0.2, 0) is 14.3 Å². The van der Waals surface area contributed by atoms with Crippen LogP contribution >= 0.6 is 0 Å². The van der Waals surface area contributed by atoms with E-state index in [9.17, 15) is 9.59 Å². The average molecular weight is 242 g/mol. The summed E-state index contributed by atoms with van der Waals surface area (Å²) in [6.45, 7) is 3.93. The number of amides is 1. The first-order valence-corrected chi connectivity index (χ1v) is 6.13. The molecule has 1 aliphatic rings. The topological polar surface area (TPSA) is 67.4 Å². The first-order valence-electron chi connectivity index (χ1n) is 6.13. The van der Waals surface area contributed by atoms with Crippen molar-refractivity contribution in [2.24, 2.45) is 5.92 Å². The Morgan fingerprint density at radius 3 is 2.47 bits per heavy atom. The van der Waals surface area contributed by atoms with Crippen LogP contribution in [0.2, 0.25) is 0 Å². The van der Waals surface area contributed by atoms with Gasteiger partial charge in [0.25, 0.3) is 0 Å². The van der Waals surface area contributed by atoms with E-state index in [1.807, 2.05) is 0 Å². The standard InChI is InChI=1S/C12H22N2O3/c1-8(10-5-4-6-10)13-7-11(12(16)17-3)14-9(2)15/h8,10-11,13H,4-7H2,1-3H3,(H,14,15). The Hall–Kier alpha value is -1.10. The van der Waals surface area contributed by atoms with Crippen LogP contribution in [0.3, 0.4) is 0 Å². The molecular weight excluding hydrogens is 220 g/mol. The molecule has 1 rings (SSSR count). The predicted octanol–water partition coefficient (Wildman–Crippen LogP) is 0.442. The third kappa shape index (κ3) is 4.34. The van der Waals surface area contributed by atoms with Crippen LogP contribution in [0.15, 0.2) is 0 Å². The Labute approximate surface area is 102 Å². The molecule has 0 aromatic carbocycles. The Kier molecular flexibility index (Phi) is 5.41. The molecule has 0 saturated heterocycles. The zero-order valence-electron chi connectivity index (χ0n) is 10.8. The van der Waals surface area contributed by atoms with Gasteiger partial charge in [-0.3, -0.25) is 4.79 Å². The van der Waals surface area contributed by atoms with E-state index in [0.29, 0.717) is 18.5 Å². The van der Waals surface area contributed by atoms with Crippen molar-refractivity contribution >= 4 is 11.9 Å². The molecule has 0 bridgehead atoms. The van der Waals surface area contributed by atoms with Gasteiger partial charge in [0, 0.05) is 19.5 Å². The fourth-order valence-corrected chi connectivity index (χ4v) is 1.99. The molecule has 0 heterocycles. The summed E-state index contributed by atoms with van der Waals surface area (Å²) >= 11 is 0. The molecular formula is C12H22N2O3. The molecule has 1 amide bonds. The Morgan fingerprint density at radius 2 is 2.06 bits per heavy atom. The van der Waals surface area contributed by atoms with E-state index in [0.717, 1.165) is 0 Å². The summed E-state index contributed by atoms with van der Waals surface area (Å²) < 4.78 is 4.65. The number of ether oxygens (including phenoxy) is 1. The van der Waals surface area contributed by atoms with Crippen molar-refractivity contribution in [1.29, 1.82) is 0 Å². The van der Waals surface area contributed by atoms with E-state index in [1.54, 1.807) is 0 Å². The van der Waals surface area contributed by atoms with Gasteiger partial charge < -0.3 is 15.4 Å². The van der Waals surface area contributed by atoms with Crippen LogP contribution in [0, 0.1) is 5.92 Å². The summed E-state index contributed by atoms with van der Waals surface area (Å²) in [6.07, 6.45) is 3.79. The summed E-state index contributed by atoms with van der Waals surface area (Å²) in [6, 6.07) is -0.218. The van der Waals surface area contributed by atoms with Crippen molar-refractivity contribution in [1.82, 2.24) is 10.6 Å². The Balaban J connectivity index is 2.36. The monoisotopic (exact) mass is 242 g/mol. The number of methoxy groups -OCH3 is 1. The van der Waals surface area contributed by atoms with Gasteiger partial charge in [-0.1, -0.05) is 6.42 Å². The molecule has 0 aromatic heterocycles. The van der Waals surface area contributed by atoms with Gasteiger partial charge in [0.1, 0.15) is 6.04 Å². The van der Waals surface area contributed by atoms with Gasteiger partial charge in [0.15, 0.2) is 0 Å². The number of hydrogen-bond donors (Lipinski definition) is 2. The van der Waals surface area contributed by atoms with E-state index < -0.39 is 12.0 Å². The molecule has 2 N–H and O–H groups in total. The molecule has 1 fully saturated rings. The zero-order chi connectivity index (χ0) is 12.8. The van der Waals surface area contributed by atoms with Crippen molar-refractivity contribution in [3.63, 3.8) is 0 Å². The van der Waals surface area contributed by atoms with Crippen LogP contribution in [-0.4, -0.2) is 37.6 Å². The van der Waals surface area contributed by atoms with E-state index in [4.69, 9.17) is 0 Å². The minimum absolute atomic E-state index is 0.224. The van der Waals surface area contributed by atoms with E-state index in [2.05, 4.69) is 22.3 Å². The molecule has 2 unspecified atom stereocenters. The first-order chi connectivity index (χ1) is 8.04. The molecule has 0 spiro atoms. The molecule has 5 nitrogen and oxygen atoms in total. The largest absolute Gasteiger partial charge is 0.467 e. The fourth-order valence-electron chi connectivity index (χ4n) is 1.99. The number of esters is 1. The normalized spacial score (nSPS) is 19.0. The van der Waals surface area contributed by atoms with Crippen molar-refractivity contribution in [3.8, 4) is 0 Å². The molecule has 1 saturated carbocycles. The third-order valence-electron chi connectivity index (χ3n) is 3.36. The lowest BCUT2D eigenvalue weighted by molar-refractivity contribution is -0.144. The lowest BCUT2D eigenvalue weighted by Gasteiger charge is -2.32. The first kappa shape index (κ1) is 14.0. The van der Waals surface area contributed by atoms with Crippen LogP contribution in [0.4, 0.5) is 0 Å². The maximum absolute atomic E-state index is 11.4. The Morgan fingerprint density at radius 1 is 1.41 bits per heavy atom. The number of rotatable bonds is 6. The number of carbonyl (C=O) groups is 2. The van der Waals surface area contributed by atoms with E-state index in [-0.39, 0.29) is 5.91 Å². The summed E-state index contributed by atoms with van der Waals surface area (Å²) in [4.78, 5) is 22.4. The molecule has 17 heavy (non-hydrogen) atoms. The SMILES string of the molecule is COC(=O)C(CNC(C)C1CCC1)NC(C)=O. The highest BCUT2D eigenvalue weighted by molar-refractivity contribution is 5.83. The molecule has 0 radical (unpaired) electrons. The number of hydrogen-bond acceptors (Lipinski definition) is 4.